The lowest BCUT2D eigenvalue weighted by Crippen LogP contribution is -2.21. The zero-order valence-electron chi connectivity index (χ0n) is 15.6. The summed E-state index contributed by atoms with van der Waals surface area (Å²) in [5, 5.41) is 19.9. The van der Waals surface area contributed by atoms with Crippen LogP contribution in [0.3, 0.4) is 0 Å². The Morgan fingerprint density at radius 3 is 2.57 bits per heavy atom. The van der Waals surface area contributed by atoms with Gasteiger partial charge in [0, 0.05) is 22.0 Å². The molecule has 0 bridgehead atoms. The highest BCUT2D eigenvalue weighted by Gasteiger charge is 2.19. The highest BCUT2D eigenvalue weighted by Crippen LogP contribution is 2.40. The summed E-state index contributed by atoms with van der Waals surface area (Å²) in [6.45, 7) is 5.84. The largest absolute Gasteiger partial charge is 0.493 e. The monoisotopic (exact) mass is 419 g/mol. The van der Waals surface area contributed by atoms with Crippen molar-refractivity contribution in [3.63, 3.8) is 0 Å². The Morgan fingerprint density at radius 1 is 1.21 bits per heavy atom. The molecule has 2 aromatic carbocycles. The summed E-state index contributed by atoms with van der Waals surface area (Å²) < 4.78 is 7.33. The predicted octanol–water partition coefficient (Wildman–Crippen LogP) is 6.06. The minimum absolute atomic E-state index is 0.0709. The number of aryl methyl sites for hydroxylation is 2. The highest BCUT2D eigenvalue weighted by atomic mass is 35.5. The van der Waals surface area contributed by atoms with Crippen molar-refractivity contribution in [2.45, 2.75) is 33.4 Å². The molecular weight excluding hydrogens is 401 g/mol. The minimum atomic E-state index is -0.853. The van der Waals surface area contributed by atoms with Crippen LogP contribution in [0.1, 0.15) is 19.4 Å². The third kappa shape index (κ3) is 3.98. The zero-order chi connectivity index (χ0) is 20.4. The van der Waals surface area contributed by atoms with Crippen LogP contribution in [0.15, 0.2) is 46.6 Å². The van der Waals surface area contributed by atoms with Gasteiger partial charge in [0.1, 0.15) is 5.75 Å². The van der Waals surface area contributed by atoms with E-state index in [2.05, 4.69) is 10.2 Å². The van der Waals surface area contributed by atoms with E-state index in [0.717, 1.165) is 11.1 Å². The first kappa shape index (κ1) is 20.2. The third-order valence-electron chi connectivity index (χ3n) is 4.33. The van der Waals surface area contributed by atoms with Gasteiger partial charge in [0.25, 0.3) is 0 Å². The van der Waals surface area contributed by atoms with Crippen molar-refractivity contribution in [2.75, 3.05) is 0 Å². The number of rotatable bonds is 5. The fourth-order valence-electron chi connectivity index (χ4n) is 2.88. The van der Waals surface area contributed by atoms with Crippen LogP contribution in [0.2, 0.25) is 10.0 Å². The van der Waals surface area contributed by atoms with E-state index in [1.807, 2.05) is 13.8 Å². The molecule has 1 heterocycles. The molecule has 3 aromatic rings. The number of halogens is 2. The fourth-order valence-corrected chi connectivity index (χ4v) is 3.28. The van der Waals surface area contributed by atoms with Gasteiger partial charge in [-0.05, 0) is 62.7 Å². The van der Waals surface area contributed by atoms with Gasteiger partial charge in [-0.3, -0.25) is 4.79 Å². The average molecular weight is 420 g/mol. The maximum Gasteiger partial charge on any atom is 0.304 e. The summed E-state index contributed by atoms with van der Waals surface area (Å²) in [4.78, 5) is 12.4. The Morgan fingerprint density at radius 2 is 1.89 bits per heavy atom. The number of azo groups is 1. The molecule has 1 amide bonds. The van der Waals surface area contributed by atoms with Gasteiger partial charge in [-0.15, -0.1) is 10.2 Å². The number of nitrogens with zero attached hydrogens (tertiary/aromatic N) is 3. The van der Waals surface area contributed by atoms with Crippen molar-refractivity contribution in [2.24, 2.45) is 10.2 Å². The summed E-state index contributed by atoms with van der Waals surface area (Å²) in [5.41, 5.74) is 1.76. The third-order valence-corrected chi connectivity index (χ3v) is 4.80. The molecule has 28 heavy (non-hydrogen) atoms. The minimum Gasteiger partial charge on any atom is -0.493 e. The van der Waals surface area contributed by atoms with E-state index in [-0.39, 0.29) is 11.6 Å². The van der Waals surface area contributed by atoms with Crippen LogP contribution < -0.4 is 4.74 Å². The van der Waals surface area contributed by atoms with Crippen molar-refractivity contribution in [3.8, 4) is 11.6 Å². The van der Waals surface area contributed by atoms with Gasteiger partial charge < -0.3 is 14.4 Å². The zero-order valence-corrected chi connectivity index (χ0v) is 17.1. The van der Waals surface area contributed by atoms with Crippen LogP contribution >= 0.6 is 23.2 Å². The van der Waals surface area contributed by atoms with E-state index in [9.17, 15) is 9.90 Å². The topological polar surface area (TPSA) is 76.2 Å². The van der Waals surface area contributed by atoms with E-state index in [1.165, 1.54) is 0 Å². The molecule has 146 valence electrons. The number of benzene rings is 2. The average Bonchev–Trinajstić information content (AvgIpc) is 2.91. The maximum atomic E-state index is 12.4. The number of amides is 1. The molecule has 1 atom stereocenters. The maximum absolute atomic E-state index is 12.4. The molecule has 1 N–H and O–H groups in total. The smallest absolute Gasteiger partial charge is 0.304 e. The summed E-state index contributed by atoms with van der Waals surface area (Å²) >= 11 is 12.0. The van der Waals surface area contributed by atoms with Crippen molar-refractivity contribution in [1.82, 2.24) is 4.57 Å². The van der Waals surface area contributed by atoms with E-state index in [0.29, 0.717) is 27.7 Å². The van der Waals surface area contributed by atoms with Crippen molar-refractivity contribution >= 4 is 45.7 Å². The van der Waals surface area contributed by atoms with E-state index >= 15 is 0 Å². The molecule has 0 fully saturated rings. The Kier molecular flexibility index (Phi) is 5.91. The summed E-state index contributed by atoms with van der Waals surface area (Å²) in [7, 11) is 0. The van der Waals surface area contributed by atoms with Gasteiger partial charge in [0.15, 0.2) is 11.8 Å². The molecule has 6 nitrogen and oxygen atoms in total. The fraction of sp³-hybridized carbons (Fsp3) is 0.250. The van der Waals surface area contributed by atoms with Gasteiger partial charge in [-0.25, -0.2) is 0 Å². The Labute approximate surface area is 172 Å². The van der Waals surface area contributed by atoms with Gasteiger partial charge >= 0.3 is 5.91 Å². The first-order chi connectivity index (χ1) is 13.3. The second-order valence-electron chi connectivity index (χ2n) is 6.29. The Bertz CT molecular complexity index is 1080. The molecule has 0 aliphatic rings. The van der Waals surface area contributed by atoms with Crippen LogP contribution in [-0.2, 0) is 11.3 Å². The highest BCUT2D eigenvalue weighted by molar-refractivity contribution is 6.31. The quantitative estimate of drug-likeness (QED) is 0.510. The van der Waals surface area contributed by atoms with E-state index in [1.54, 1.807) is 47.9 Å². The van der Waals surface area contributed by atoms with Gasteiger partial charge in [-0.2, -0.15) is 0 Å². The normalized spacial score (nSPS) is 12.6. The van der Waals surface area contributed by atoms with Crippen molar-refractivity contribution in [3.05, 3.63) is 52.0 Å². The number of carbonyl (C=O) groups excluding carboxylic acids is 1. The summed E-state index contributed by atoms with van der Waals surface area (Å²) in [6.07, 6.45) is -0.853. The molecule has 3 rings (SSSR count). The van der Waals surface area contributed by atoms with Crippen LogP contribution in [-0.4, -0.2) is 21.7 Å². The Hall–Kier alpha value is -2.57. The molecule has 1 aromatic heterocycles. The molecule has 0 saturated heterocycles. The van der Waals surface area contributed by atoms with Crippen LogP contribution in [0, 0.1) is 6.92 Å². The number of carbonyl (C=O) groups is 1. The molecule has 0 saturated carbocycles. The first-order valence-electron chi connectivity index (χ1n) is 8.71. The van der Waals surface area contributed by atoms with Gasteiger partial charge in [-0.1, -0.05) is 23.2 Å². The van der Waals surface area contributed by atoms with Crippen LogP contribution in [0.25, 0.3) is 10.9 Å². The summed E-state index contributed by atoms with van der Waals surface area (Å²) in [5.74, 6) is -0.107. The lowest BCUT2D eigenvalue weighted by molar-refractivity contribution is -0.124. The molecular formula is C20H19Cl2N3O3. The first-order valence-corrected chi connectivity index (χ1v) is 9.46. The lowest BCUT2D eigenvalue weighted by Gasteiger charge is -2.13. The number of aromatic nitrogens is 1. The molecule has 1 unspecified atom stereocenters. The number of fused-ring (bicyclic) bond motifs is 1. The van der Waals surface area contributed by atoms with Crippen molar-refractivity contribution < 1.29 is 14.6 Å². The van der Waals surface area contributed by atoms with E-state index < -0.39 is 12.0 Å². The SMILES string of the molecule is CCn1c(O)c(N=NC(=O)C(C)Oc2ccc(Cl)cc2C)c2cc(Cl)ccc21. The molecule has 0 aliphatic heterocycles. The number of hydrogen-bond donors (Lipinski definition) is 1. The molecule has 0 radical (unpaired) electrons. The van der Waals surface area contributed by atoms with E-state index in [4.69, 9.17) is 27.9 Å². The van der Waals surface area contributed by atoms with Crippen LogP contribution in [0.5, 0.6) is 11.6 Å². The number of ether oxygens (including phenoxy) is 1. The van der Waals surface area contributed by atoms with Crippen molar-refractivity contribution in [1.29, 1.82) is 0 Å². The summed E-state index contributed by atoms with van der Waals surface area (Å²) in [6, 6.07) is 10.3. The second-order valence-corrected chi connectivity index (χ2v) is 7.16. The lowest BCUT2D eigenvalue weighted by atomic mass is 10.2. The second kappa shape index (κ2) is 8.20. The number of hydrogen-bond acceptors (Lipinski definition) is 4. The van der Waals surface area contributed by atoms with Crippen LogP contribution in [0.4, 0.5) is 5.69 Å². The number of aromatic hydroxyl groups is 1. The molecule has 8 heteroatoms. The van der Waals surface area contributed by atoms with Gasteiger partial charge in [0.2, 0.25) is 5.88 Å². The Balaban J connectivity index is 1.86. The molecule has 0 aliphatic carbocycles. The predicted molar refractivity (Wildman–Crippen MR) is 110 cm³/mol. The molecule has 0 spiro atoms. The van der Waals surface area contributed by atoms with Gasteiger partial charge in [0.05, 0.1) is 5.52 Å². The standard InChI is InChI=1S/C20H19Cl2N3O3/c1-4-25-16-7-5-14(22)10-15(16)18(20(25)27)23-24-19(26)12(3)28-17-8-6-13(21)9-11(17)2/h5-10,12,27H,4H2,1-3H3.